The maximum atomic E-state index is 12.3. The molecule has 0 N–H and O–H groups in total. The maximum Gasteiger partial charge on any atom is 0.258 e. The summed E-state index contributed by atoms with van der Waals surface area (Å²) in [5, 5.41) is 5.87. The Labute approximate surface area is 158 Å². The molecule has 0 aromatic carbocycles. The van der Waals surface area contributed by atoms with Gasteiger partial charge in [-0.15, -0.1) is 11.3 Å². The molecule has 1 saturated heterocycles. The highest BCUT2D eigenvalue weighted by Gasteiger charge is 2.20. The van der Waals surface area contributed by atoms with E-state index in [1.54, 1.807) is 34.1 Å². The third-order valence-corrected chi connectivity index (χ3v) is 5.85. The molecule has 1 aliphatic rings. The van der Waals surface area contributed by atoms with Gasteiger partial charge in [0.05, 0.1) is 5.69 Å². The van der Waals surface area contributed by atoms with Gasteiger partial charge in [-0.2, -0.15) is 11.3 Å². The number of carbonyl (C=O) groups is 1. The molecule has 0 saturated carbocycles. The number of aromatic nitrogens is 2. The van der Waals surface area contributed by atoms with Crippen LogP contribution in [-0.2, 0) is 11.3 Å². The van der Waals surface area contributed by atoms with Crippen molar-refractivity contribution in [2.24, 2.45) is 0 Å². The van der Waals surface area contributed by atoms with Crippen molar-refractivity contribution in [3.05, 3.63) is 62.2 Å². The molecule has 4 rings (SSSR count). The summed E-state index contributed by atoms with van der Waals surface area (Å²) in [6, 6.07) is 3.59. The van der Waals surface area contributed by atoms with Gasteiger partial charge in [0.1, 0.15) is 0 Å². The van der Waals surface area contributed by atoms with Gasteiger partial charge in [-0.3, -0.25) is 18.9 Å². The minimum absolute atomic E-state index is 0.0429. The molecular weight excluding hydrogens is 368 g/mol. The number of rotatable bonds is 4. The van der Waals surface area contributed by atoms with Crippen LogP contribution in [0.2, 0.25) is 0 Å². The summed E-state index contributed by atoms with van der Waals surface area (Å²) in [5.74, 6) is 0.0484. The van der Waals surface area contributed by atoms with Crippen molar-refractivity contribution in [2.75, 3.05) is 26.2 Å². The molecule has 4 heterocycles. The minimum Gasteiger partial charge on any atom is -0.337 e. The van der Waals surface area contributed by atoms with Gasteiger partial charge in [-0.05, 0) is 28.5 Å². The molecule has 0 bridgehead atoms. The SMILES string of the molecule is O=C(C=Cc1ccsc1)N1CCN(Cc2cc(=O)n3ccsc3n2)CC1. The molecule has 0 spiro atoms. The van der Waals surface area contributed by atoms with Crippen molar-refractivity contribution >= 4 is 39.6 Å². The lowest BCUT2D eigenvalue weighted by Crippen LogP contribution is -2.48. The van der Waals surface area contributed by atoms with E-state index in [1.807, 2.05) is 33.2 Å². The Morgan fingerprint density at radius 1 is 1.23 bits per heavy atom. The van der Waals surface area contributed by atoms with Gasteiger partial charge in [0.25, 0.3) is 5.56 Å². The Hall–Kier alpha value is -2.29. The van der Waals surface area contributed by atoms with E-state index >= 15 is 0 Å². The fraction of sp³-hybridized carbons (Fsp3) is 0.278. The lowest BCUT2D eigenvalue weighted by Gasteiger charge is -2.34. The maximum absolute atomic E-state index is 12.3. The molecule has 26 heavy (non-hydrogen) atoms. The second kappa shape index (κ2) is 7.53. The summed E-state index contributed by atoms with van der Waals surface area (Å²) >= 11 is 3.08. The number of hydrogen-bond acceptors (Lipinski definition) is 6. The van der Waals surface area contributed by atoms with Gasteiger partial charge in [0.2, 0.25) is 5.91 Å². The van der Waals surface area contributed by atoms with E-state index in [4.69, 9.17) is 0 Å². The van der Waals surface area contributed by atoms with Crippen LogP contribution in [0.5, 0.6) is 0 Å². The van der Waals surface area contributed by atoms with E-state index < -0.39 is 0 Å². The quantitative estimate of drug-likeness (QED) is 0.645. The third-order valence-electron chi connectivity index (χ3n) is 4.39. The predicted molar refractivity (Wildman–Crippen MR) is 105 cm³/mol. The highest BCUT2D eigenvalue weighted by atomic mass is 32.1. The number of thiazole rings is 1. The van der Waals surface area contributed by atoms with Crippen LogP contribution >= 0.6 is 22.7 Å². The Morgan fingerprint density at radius 2 is 2.08 bits per heavy atom. The van der Waals surface area contributed by atoms with Gasteiger partial charge in [0, 0.05) is 56.4 Å². The Balaban J connectivity index is 1.34. The molecule has 1 fully saturated rings. The number of fused-ring (bicyclic) bond motifs is 1. The van der Waals surface area contributed by atoms with Gasteiger partial charge < -0.3 is 4.90 Å². The van der Waals surface area contributed by atoms with Gasteiger partial charge in [-0.1, -0.05) is 0 Å². The highest BCUT2D eigenvalue weighted by molar-refractivity contribution is 7.15. The normalized spacial score (nSPS) is 15.9. The van der Waals surface area contributed by atoms with Crippen molar-refractivity contribution in [3.8, 4) is 0 Å². The molecule has 6 nitrogen and oxygen atoms in total. The smallest absolute Gasteiger partial charge is 0.258 e. The number of piperazine rings is 1. The highest BCUT2D eigenvalue weighted by Crippen LogP contribution is 2.11. The predicted octanol–water partition coefficient (Wildman–Crippen LogP) is 2.18. The standard InChI is InChI=1S/C18H18N4O2S2/c23-16(2-1-14-3-9-25-13-14)21-6-4-20(5-7-21)12-15-11-17(24)22-8-10-26-18(22)19-15/h1-3,8-11,13H,4-7,12H2. The summed E-state index contributed by atoms with van der Waals surface area (Å²) in [6.07, 6.45) is 5.25. The summed E-state index contributed by atoms with van der Waals surface area (Å²) in [5.41, 5.74) is 1.80. The van der Waals surface area contributed by atoms with Crippen LogP contribution in [0.4, 0.5) is 0 Å². The van der Waals surface area contributed by atoms with Crippen LogP contribution in [0.1, 0.15) is 11.3 Å². The van der Waals surface area contributed by atoms with Crippen molar-refractivity contribution in [2.45, 2.75) is 6.54 Å². The summed E-state index contributed by atoms with van der Waals surface area (Å²) in [4.78, 5) is 33.7. The molecule has 134 valence electrons. The third kappa shape index (κ3) is 3.77. The number of nitrogens with zero attached hydrogens (tertiary/aromatic N) is 4. The van der Waals surface area contributed by atoms with Crippen molar-refractivity contribution < 1.29 is 4.79 Å². The van der Waals surface area contributed by atoms with Gasteiger partial charge in [-0.25, -0.2) is 4.98 Å². The van der Waals surface area contributed by atoms with Crippen LogP contribution < -0.4 is 5.56 Å². The zero-order valence-corrected chi connectivity index (χ0v) is 15.7. The largest absolute Gasteiger partial charge is 0.337 e. The first-order chi connectivity index (χ1) is 12.7. The van der Waals surface area contributed by atoms with Crippen molar-refractivity contribution in [1.29, 1.82) is 0 Å². The molecule has 1 amide bonds. The van der Waals surface area contributed by atoms with Crippen LogP contribution in [0.15, 0.2) is 45.3 Å². The van der Waals surface area contributed by atoms with Crippen molar-refractivity contribution in [1.82, 2.24) is 19.2 Å². The molecule has 0 aliphatic carbocycles. The second-order valence-electron chi connectivity index (χ2n) is 6.13. The van der Waals surface area contributed by atoms with E-state index in [2.05, 4.69) is 9.88 Å². The number of amides is 1. The topological polar surface area (TPSA) is 57.9 Å². The van der Waals surface area contributed by atoms with Gasteiger partial charge in [0.15, 0.2) is 4.96 Å². The number of hydrogen-bond donors (Lipinski definition) is 0. The lowest BCUT2D eigenvalue weighted by atomic mass is 10.2. The summed E-state index contributed by atoms with van der Waals surface area (Å²) in [6.45, 7) is 3.57. The molecule has 0 atom stereocenters. The first-order valence-electron chi connectivity index (χ1n) is 8.36. The zero-order chi connectivity index (χ0) is 17.9. The average Bonchev–Trinajstić information content (AvgIpc) is 3.32. The van der Waals surface area contributed by atoms with E-state index in [1.165, 1.54) is 11.3 Å². The average molecular weight is 387 g/mol. The van der Waals surface area contributed by atoms with Crippen LogP contribution in [0.25, 0.3) is 11.0 Å². The Bertz CT molecular complexity index is 982. The zero-order valence-electron chi connectivity index (χ0n) is 14.1. The molecule has 0 unspecified atom stereocenters. The number of carbonyl (C=O) groups excluding carboxylic acids is 1. The molecular formula is C18H18N4O2S2. The molecule has 0 radical (unpaired) electrons. The van der Waals surface area contributed by atoms with E-state index in [0.717, 1.165) is 29.3 Å². The van der Waals surface area contributed by atoms with Crippen LogP contribution in [-0.4, -0.2) is 51.3 Å². The minimum atomic E-state index is -0.0429. The lowest BCUT2D eigenvalue weighted by molar-refractivity contribution is -0.127. The fourth-order valence-electron chi connectivity index (χ4n) is 2.97. The molecule has 3 aromatic heterocycles. The van der Waals surface area contributed by atoms with E-state index in [-0.39, 0.29) is 11.5 Å². The molecule has 1 aliphatic heterocycles. The summed E-state index contributed by atoms with van der Waals surface area (Å²) in [7, 11) is 0. The monoisotopic (exact) mass is 386 g/mol. The van der Waals surface area contributed by atoms with E-state index in [0.29, 0.717) is 19.6 Å². The molecule has 3 aromatic rings. The van der Waals surface area contributed by atoms with Gasteiger partial charge >= 0.3 is 0 Å². The molecule has 8 heteroatoms. The van der Waals surface area contributed by atoms with Crippen LogP contribution in [0, 0.1) is 0 Å². The fourth-order valence-corrected chi connectivity index (χ4v) is 4.33. The number of thiophene rings is 1. The van der Waals surface area contributed by atoms with E-state index in [9.17, 15) is 9.59 Å². The Morgan fingerprint density at radius 3 is 2.85 bits per heavy atom. The van der Waals surface area contributed by atoms with Crippen LogP contribution in [0.3, 0.4) is 0 Å². The first-order valence-corrected chi connectivity index (χ1v) is 10.2. The Kier molecular flexibility index (Phi) is 4.96. The second-order valence-corrected chi connectivity index (χ2v) is 7.79. The first kappa shape index (κ1) is 17.1. The summed E-state index contributed by atoms with van der Waals surface area (Å²) < 4.78 is 1.56. The van der Waals surface area contributed by atoms with Crippen molar-refractivity contribution in [3.63, 3.8) is 0 Å².